The van der Waals surface area contributed by atoms with Crippen molar-refractivity contribution >= 4 is 24.2 Å². The normalized spacial score (nSPS) is 22.7. The van der Waals surface area contributed by atoms with Crippen molar-refractivity contribution in [1.82, 2.24) is 10.6 Å². The molecule has 0 bridgehead atoms. The van der Waals surface area contributed by atoms with Crippen molar-refractivity contribution in [3.63, 3.8) is 0 Å². The minimum absolute atomic E-state index is 0. The third-order valence-corrected chi connectivity index (χ3v) is 3.09. The van der Waals surface area contributed by atoms with Crippen LogP contribution in [0.4, 0.5) is 0 Å². The number of hydrogen-bond donors (Lipinski definition) is 2. The zero-order valence-electron chi connectivity index (χ0n) is 8.49. The van der Waals surface area contributed by atoms with Crippen molar-refractivity contribution in [3.8, 4) is 0 Å². The molecule has 80 valence electrons. The molecule has 1 unspecified atom stereocenters. The fourth-order valence-electron chi connectivity index (χ4n) is 2.34. The molecule has 2 aliphatic rings. The first-order valence-electron chi connectivity index (χ1n) is 5.20. The molecule has 0 aliphatic carbocycles. The summed E-state index contributed by atoms with van der Waals surface area (Å²) in [4.78, 5) is 0. The summed E-state index contributed by atoms with van der Waals surface area (Å²) in [6.45, 7) is 2.15. The zero-order valence-corrected chi connectivity index (χ0v) is 9.31. The molecule has 2 heterocycles. The van der Waals surface area contributed by atoms with Crippen molar-refractivity contribution in [1.29, 1.82) is 0 Å². The summed E-state index contributed by atoms with van der Waals surface area (Å²) in [7, 11) is 0. The Bertz CT molecular complexity index is 467. The van der Waals surface area contributed by atoms with Gasteiger partial charge in [0.25, 0.3) is 0 Å². The summed E-state index contributed by atoms with van der Waals surface area (Å²) in [6.07, 6.45) is 3.34. The van der Waals surface area contributed by atoms with E-state index in [9.17, 15) is 0 Å². The molecular weight excluding hydrogens is 208 g/mol. The Morgan fingerprint density at radius 1 is 1.20 bits per heavy atom. The Hall–Kier alpha value is -0.990. The van der Waals surface area contributed by atoms with Crippen LogP contribution in [0.25, 0.3) is 11.8 Å². The quantitative estimate of drug-likeness (QED) is 0.644. The lowest BCUT2D eigenvalue weighted by Gasteiger charge is -2.29. The van der Waals surface area contributed by atoms with Gasteiger partial charge in [-0.25, -0.2) is 0 Å². The summed E-state index contributed by atoms with van der Waals surface area (Å²) >= 11 is 0. The lowest BCUT2D eigenvalue weighted by Crippen LogP contribution is -2.49. The predicted octanol–water partition coefficient (Wildman–Crippen LogP) is -0.0378. The third-order valence-electron chi connectivity index (χ3n) is 3.09. The molecule has 15 heavy (non-hydrogen) atoms. The van der Waals surface area contributed by atoms with Gasteiger partial charge in [-0.2, -0.15) is 0 Å². The molecule has 3 heteroatoms. The highest BCUT2D eigenvalue weighted by atomic mass is 35.5. The SMILES string of the molecule is C1=c2ccccc2=C2CNCCC2N1.Cl. The molecule has 1 aromatic rings. The lowest BCUT2D eigenvalue weighted by atomic mass is 9.95. The van der Waals surface area contributed by atoms with Crippen molar-refractivity contribution in [3.05, 3.63) is 34.7 Å². The summed E-state index contributed by atoms with van der Waals surface area (Å²) in [6, 6.07) is 9.17. The number of rotatable bonds is 0. The Kier molecular flexibility index (Phi) is 2.98. The number of benzene rings is 1. The molecule has 0 saturated carbocycles. The highest BCUT2D eigenvalue weighted by Crippen LogP contribution is 2.10. The predicted molar refractivity (Wildman–Crippen MR) is 65.2 cm³/mol. The molecule has 1 aromatic carbocycles. The molecule has 3 rings (SSSR count). The van der Waals surface area contributed by atoms with Gasteiger partial charge in [0.2, 0.25) is 0 Å². The van der Waals surface area contributed by atoms with Crippen LogP contribution in [0.15, 0.2) is 24.3 Å². The van der Waals surface area contributed by atoms with E-state index in [4.69, 9.17) is 0 Å². The van der Waals surface area contributed by atoms with Crippen LogP contribution in [-0.4, -0.2) is 19.1 Å². The maximum absolute atomic E-state index is 3.48. The summed E-state index contributed by atoms with van der Waals surface area (Å²) in [5.74, 6) is 0. The van der Waals surface area contributed by atoms with Crippen LogP contribution in [0, 0.1) is 0 Å². The molecule has 0 radical (unpaired) electrons. The third kappa shape index (κ3) is 1.75. The van der Waals surface area contributed by atoms with Crippen LogP contribution in [0.1, 0.15) is 6.42 Å². The van der Waals surface area contributed by atoms with E-state index >= 15 is 0 Å². The monoisotopic (exact) mass is 222 g/mol. The van der Waals surface area contributed by atoms with Crippen LogP contribution < -0.4 is 21.1 Å². The van der Waals surface area contributed by atoms with Gasteiger partial charge in [-0.05, 0) is 29.0 Å². The van der Waals surface area contributed by atoms with Gasteiger partial charge >= 0.3 is 0 Å². The molecule has 2 aliphatic heterocycles. The average Bonchev–Trinajstić information content (AvgIpc) is 2.29. The zero-order chi connectivity index (χ0) is 9.38. The van der Waals surface area contributed by atoms with Gasteiger partial charge in [0, 0.05) is 12.7 Å². The van der Waals surface area contributed by atoms with E-state index in [1.54, 1.807) is 0 Å². The molecule has 2 N–H and O–H groups in total. The Morgan fingerprint density at radius 2 is 2.07 bits per heavy atom. The molecule has 2 nitrogen and oxygen atoms in total. The van der Waals surface area contributed by atoms with E-state index < -0.39 is 0 Å². The van der Waals surface area contributed by atoms with Crippen molar-refractivity contribution in [2.45, 2.75) is 12.5 Å². The molecular formula is C12H15ClN2. The van der Waals surface area contributed by atoms with Crippen LogP contribution in [0.5, 0.6) is 0 Å². The van der Waals surface area contributed by atoms with Crippen molar-refractivity contribution < 1.29 is 0 Å². The van der Waals surface area contributed by atoms with Crippen molar-refractivity contribution in [2.24, 2.45) is 0 Å². The first kappa shape index (κ1) is 10.5. The Morgan fingerprint density at radius 3 is 3.00 bits per heavy atom. The smallest absolute Gasteiger partial charge is 0.0502 e. The van der Waals surface area contributed by atoms with E-state index in [1.807, 2.05) is 0 Å². The number of piperidine rings is 1. The Labute approximate surface area is 95.5 Å². The van der Waals surface area contributed by atoms with Gasteiger partial charge < -0.3 is 10.6 Å². The molecule has 0 amide bonds. The second-order valence-electron chi connectivity index (χ2n) is 3.94. The maximum atomic E-state index is 3.48. The number of halogens is 1. The van der Waals surface area contributed by atoms with E-state index in [1.165, 1.54) is 22.4 Å². The second kappa shape index (κ2) is 4.25. The van der Waals surface area contributed by atoms with Gasteiger partial charge in [0.1, 0.15) is 0 Å². The van der Waals surface area contributed by atoms with E-state index in [-0.39, 0.29) is 12.4 Å². The van der Waals surface area contributed by atoms with Gasteiger partial charge in [-0.3, -0.25) is 0 Å². The largest absolute Gasteiger partial charge is 0.384 e. The fraction of sp³-hybridized carbons (Fsp3) is 0.333. The number of hydrogen-bond acceptors (Lipinski definition) is 2. The minimum Gasteiger partial charge on any atom is -0.384 e. The van der Waals surface area contributed by atoms with E-state index in [2.05, 4.69) is 41.1 Å². The van der Waals surface area contributed by atoms with Crippen LogP contribution in [0.3, 0.4) is 0 Å². The van der Waals surface area contributed by atoms with Crippen LogP contribution in [-0.2, 0) is 0 Å². The first-order chi connectivity index (χ1) is 6.95. The second-order valence-corrected chi connectivity index (χ2v) is 3.94. The van der Waals surface area contributed by atoms with E-state index in [0.29, 0.717) is 6.04 Å². The standard InChI is InChI=1S/C12H14N2.ClH/c1-2-4-10-9(3-1)7-14-12-5-6-13-8-11(10)12;/h1-4,7,12-14H,5-6,8H2;1H. The number of fused-ring (bicyclic) bond motifs is 2. The topological polar surface area (TPSA) is 24.1 Å². The Balaban J connectivity index is 0.000000853. The average molecular weight is 223 g/mol. The lowest BCUT2D eigenvalue weighted by molar-refractivity contribution is 0.556. The minimum atomic E-state index is 0. The van der Waals surface area contributed by atoms with Crippen molar-refractivity contribution in [2.75, 3.05) is 13.1 Å². The maximum Gasteiger partial charge on any atom is 0.0502 e. The fourth-order valence-corrected chi connectivity index (χ4v) is 2.34. The molecule has 1 atom stereocenters. The van der Waals surface area contributed by atoms with Gasteiger partial charge in [0.15, 0.2) is 0 Å². The highest BCUT2D eigenvalue weighted by molar-refractivity contribution is 5.85. The molecule has 1 saturated heterocycles. The van der Waals surface area contributed by atoms with Gasteiger partial charge in [-0.15, -0.1) is 12.4 Å². The molecule has 0 spiro atoms. The molecule has 1 fully saturated rings. The summed E-state index contributed by atoms with van der Waals surface area (Å²) in [5, 5.41) is 9.65. The summed E-state index contributed by atoms with van der Waals surface area (Å²) < 4.78 is 0. The van der Waals surface area contributed by atoms with Crippen LogP contribution in [0.2, 0.25) is 0 Å². The first-order valence-corrected chi connectivity index (χ1v) is 5.20. The van der Waals surface area contributed by atoms with Gasteiger partial charge in [0.05, 0.1) is 6.04 Å². The van der Waals surface area contributed by atoms with E-state index in [0.717, 1.165) is 13.1 Å². The van der Waals surface area contributed by atoms with Gasteiger partial charge in [-0.1, -0.05) is 24.3 Å². The highest BCUT2D eigenvalue weighted by Gasteiger charge is 2.19. The number of nitrogens with one attached hydrogen (secondary N) is 2. The molecule has 0 aromatic heterocycles. The summed E-state index contributed by atoms with van der Waals surface area (Å²) in [5.41, 5.74) is 1.52. The van der Waals surface area contributed by atoms with Crippen LogP contribution >= 0.6 is 12.4 Å².